The second-order valence-corrected chi connectivity index (χ2v) is 4.88. The molecule has 1 aromatic rings. The van der Waals surface area contributed by atoms with Gasteiger partial charge >= 0.3 is 5.97 Å². The third-order valence-corrected chi connectivity index (χ3v) is 3.20. The highest BCUT2D eigenvalue weighted by Gasteiger charge is 2.39. The molecule has 1 aromatic heterocycles. The van der Waals surface area contributed by atoms with Crippen LogP contribution in [-0.2, 0) is 14.9 Å². The fraction of sp³-hybridized carbons (Fsp3) is 0.538. The Labute approximate surface area is 117 Å². The van der Waals surface area contributed by atoms with Gasteiger partial charge in [0.15, 0.2) is 0 Å². The van der Waals surface area contributed by atoms with Crippen molar-refractivity contribution in [2.45, 2.75) is 38.5 Å². The van der Waals surface area contributed by atoms with Crippen molar-refractivity contribution in [3.05, 3.63) is 29.0 Å². The van der Waals surface area contributed by atoms with Gasteiger partial charge in [0.25, 0.3) is 0 Å². The van der Waals surface area contributed by atoms with Crippen molar-refractivity contribution < 1.29 is 13.9 Å². The lowest BCUT2D eigenvalue weighted by Gasteiger charge is -2.26. The first-order chi connectivity index (χ1) is 8.95. The minimum absolute atomic E-state index is 0.0680. The van der Waals surface area contributed by atoms with Gasteiger partial charge in [-0.2, -0.15) is 0 Å². The molecular formula is C13H18ClFN2O2. The molecule has 2 atom stereocenters. The first kappa shape index (κ1) is 15.9. The van der Waals surface area contributed by atoms with E-state index in [1.54, 1.807) is 26.0 Å². The number of esters is 1. The molecule has 6 heteroatoms. The standard InChI is InChI=1S/C13H18ClFN2O2/c1-3-5-10(15)19-12(18)13(2,8-16)11-9(14)6-4-7-17-11/h4,6-7,10H,3,5,8,16H2,1-2H3. The van der Waals surface area contributed by atoms with Gasteiger partial charge in [-0.05, 0) is 25.5 Å². The Kier molecular flexibility index (Phi) is 5.69. The van der Waals surface area contributed by atoms with Crippen LogP contribution in [0.25, 0.3) is 0 Å². The molecule has 0 aliphatic heterocycles. The molecule has 0 spiro atoms. The van der Waals surface area contributed by atoms with Gasteiger partial charge in [0, 0.05) is 19.2 Å². The molecule has 2 unspecified atom stereocenters. The highest BCUT2D eigenvalue weighted by atomic mass is 35.5. The van der Waals surface area contributed by atoms with Crippen LogP contribution in [0.3, 0.4) is 0 Å². The van der Waals surface area contributed by atoms with Crippen molar-refractivity contribution in [1.29, 1.82) is 0 Å². The number of hydrogen-bond donors (Lipinski definition) is 1. The third kappa shape index (κ3) is 3.64. The summed E-state index contributed by atoms with van der Waals surface area (Å²) < 4.78 is 18.2. The lowest BCUT2D eigenvalue weighted by molar-refractivity contribution is -0.164. The van der Waals surface area contributed by atoms with Crippen LogP contribution in [0.1, 0.15) is 32.4 Å². The molecule has 1 heterocycles. The second kappa shape index (κ2) is 6.82. The normalized spacial score (nSPS) is 15.6. The number of hydrogen-bond acceptors (Lipinski definition) is 4. The number of alkyl halides is 1. The summed E-state index contributed by atoms with van der Waals surface area (Å²) in [6.07, 6.45) is 0.604. The monoisotopic (exact) mass is 288 g/mol. The summed E-state index contributed by atoms with van der Waals surface area (Å²) in [5.41, 5.74) is 4.68. The first-order valence-electron chi connectivity index (χ1n) is 6.12. The number of aromatic nitrogens is 1. The molecule has 0 saturated heterocycles. The molecule has 0 aliphatic carbocycles. The van der Waals surface area contributed by atoms with Gasteiger partial charge in [-0.3, -0.25) is 9.78 Å². The average Bonchev–Trinajstić information content (AvgIpc) is 2.38. The average molecular weight is 289 g/mol. The fourth-order valence-corrected chi connectivity index (χ4v) is 1.93. The van der Waals surface area contributed by atoms with Gasteiger partial charge in [-0.15, -0.1) is 0 Å². The van der Waals surface area contributed by atoms with Crippen LogP contribution >= 0.6 is 11.6 Å². The Morgan fingerprint density at radius 3 is 2.89 bits per heavy atom. The van der Waals surface area contributed by atoms with E-state index in [-0.39, 0.29) is 13.0 Å². The van der Waals surface area contributed by atoms with Gasteiger partial charge in [-0.25, -0.2) is 4.39 Å². The number of carbonyl (C=O) groups is 1. The summed E-state index contributed by atoms with van der Waals surface area (Å²) in [7, 11) is 0. The van der Waals surface area contributed by atoms with E-state index in [1.807, 2.05) is 0 Å². The maximum absolute atomic E-state index is 13.4. The summed E-state index contributed by atoms with van der Waals surface area (Å²) in [6.45, 7) is 3.28. The Bertz CT molecular complexity index is 444. The molecule has 0 fully saturated rings. The number of pyridine rings is 1. The van der Waals surface area contributed by atoms with Crippen molar-refractivity contribution in [2.24, 2.45) is 5.73 Å². The van der Waals surface area contributed by atoms with Crippen LogP contribution in [0, 0.1) is 0 Å². The number of nitrogens with two attached hydrogens (primary N) is 1. The largest absolute Gasteiger partial charge is 0.430 e. The Balaban J connectivity index is 2.97. The van der Waals surface area contributed by atoms with E-state index in [9.17, 15) is 9.18 Å². The van der Waals surface area contributed by atoms with Gasteiger partial charge in [-0.1, -0.05) is 18.5 Å². The van der Waals surface area contributed by atoms with Crippen molar-refractivity contribution in [1.82, 2.24) is 4.98 Å². The zero-order chi connectivity index (χ0) is 14.5. The molecule has 0 aromatic carbocycles. The number of nitrogens with zero attached hydrogens (tertiary/aromatic N) is 1. The summed E-state index contributed by atoms with van der Waals surface area (Å²) in [6, 6.07) is 3.24. The first-order valence-corrected chi connectivity index (χ1v) is 6.49. The highest BCUT2D eigenvalue weighted by Crippen LogP contribution is 2.29. The summed E-state index contributed by atoms with van der Waals surface area (Å²) >= 11 is 6.01. The zero-order valence-electron chi connectivity index (χ0n) is 11.0. The predicted octanol–water partition coefficient (Wildman–Crippen LogP) is 2.59. The molecule has 0 aliphatic rings. The van der Waals surface area contributed by atoms with Gasteiger partial charge in [0.1, 0.15) is 5.41 Å². The smallest absolute Gasteiger partial charge is 0.321 e. The van der Waals surface area contributed by atoms with Crippen LogP contribution in [0.4, 0.5) is 4.39 Å². The molecular weight excluding hydrogens is 271 g/mol. The third-order valence-electron chi connectivity index (χ3n) is 2.89. The molecule has 2 N–H and O–H groups in total. The van der Waals surface area contributed by atoms with Crippen LogP contribution < -0.4 is 5.73 Å². The van der Waals surface area contributed by atoms with Gasteiger partial charge in [0.2, 0.25) is 6.36 Å². The maximum Gasteiger partial charge on any atom is 0.321 e. The second-order valence-electron chi connectivity index (χ2n) is 4.47. The van der Waals surface area contributed by atoms with Crippen LogP contribution in [0.5, 0.6) is 0 Å². The predicted molar refractivity (Wildman–Crippen MR) is 71.5 cm³/mol. The van der Waals surface area contributed by atoms with Crippen molar-refractivity contribution in [2.75, 3.05) is 6.54 Å². The molecule has 0 saturated carbocycles. The molecule has 0 amide bonds. The number of ether oxygens (including phenoxy) is 1. The topological polar surface area (TPSA) is 65.2 Å². The van der Waals surface area contributed by atoms with E-state index < -0.39 is 17.7 Å². The van der Waals surface area contributed by atoms with Gasteiger partial charge in [0.05, 0.1) is 10.7 Å². The zero-order valence-corrected chi connectivity index (χ0v) is 11.8. The molecule has 19 heavy (non-hydrogen) atoms. The number of halogens is 2. The Hall–Kier alpha value is -1.20. The maximum atomic E-state index is 13.4. The van der Waals surface area contributed by atoms with E-state index in [4.69, 9.17) is 22.1 Å². The molecule has 0 radical (unpaired) electrons. The van der Waals surface area contributed by atoms with Crippen LogP contribution in [0.2, 0.25) is 5.02 Å². The van der Waals surface area contributed by atoms with E-state index in [0.29, 0.717) is 17.1 Å². The Morgan fingerprint density at radius 1 is 1.68 bits per heavy atom. The fourth-order valence-electron chi connectivity index (χ4n) is 1.60. The van der Waals surface area contributed by atoms with E-state index in [1.165, 1.54) is 6.20 Å². The number of rotatable bonds is 6. The molecule has 106 valence electrons. The SMILES string of the molecule is CCCC(F)OC(=O)C(C)(CN)c1ncccc1Cl. The van der Waals surface area contributed by atoms with E-state index >= 15 is 0 Å². The van der Waals surface area contributed by atoms with Crippen molar-refractivity contribution in [3.8, 4) is 0 Å². The van der Waals surface area contributed by atoms with Crippen LogP contribution in [-0.4, -0.2) is 23.9 Å². The minimum Gasteiger partial charge on any atom is -0.430 e. The summed E-state index contributed by atoms with van der Waals surface area (Å²) in [4.78, 5) is 16.2. The number of carbonyl (C=O) groups excluding carboxylic acids is 1. The van der Waals surface area contributed by atoms with Crippen LogP contribution in [0.15, 0.2) is 18.3 Å². The lowest BCUT2D eigenvalue weighted by atomic mass is 9.86. The quantitative estimate of drug-likeness (QED) is 0.817. The van der Waals surface area contributed by atoms with Gasteiger partial charge < -0.3 is 10.5 Å². The summed E-state index contributed by atoms with van der Waals surface area (Å²) in [5, 5.41) is 0.304. The van der Waals surface area contributed by atoms with Crippen molar-refractivity contribution in [3.63, 3.8) is 0 Å². The minimum atomic E-state index is -1.63. The highest BCUT2D eigenvalue weighted by molar-refractivity contribution is 6.31. The van der Waals surface area contributed by atoms with E-state index in [2.05, 4.69) is 4.98 Å². The van der Waals surface area contributed by atoms with Crippen molar-refractivity contribution >= 4 is 17.6 Å². The van der Waals surface area contributed by atoms with E-state index in [0.717, 1.165) is 0 Å². The molecule has 0 bridgehead atoms. The lowest BCUT2D eigenvalue weighted by Crippen LogP contribution is -2.43. The summed E-state index contributed by atoms with van der Waals surface area (Å²) in [5.74, 6) is -0.753. The Morgan fingerprint density at radius 2 is 2.37 bits per heavy atom. The molecule has 4 nitrogen and oxygen atoms in total. The molecule has 1 rings (SSSR count).